The van der Waals surface area contributed by atoms with Crippen LogP contribution in [0.25, 0.3) is 10.8 Å². The molecular formula is C22H20N2O3. The van der Waals surface area contributed by atoms with Crippen LogP contribution in [0.3, 0.4) is 0 Å². The van der Waals surface area contributed by atoms with Crippen molar-refractivity contribution in [1.82, 2.24) is 5.32 Å². The summed E-state index contributed by atoms with van der Waals surface area (Å²) >= 11 is 0. The fourth-order valence-corrected chi connectivity index (χ4v) is 3.34. The monoisotopic (exact) mass is 360 g/mol. The molecule has 5 heteroatoms. The van der Waals surface area contributed by atoms with Crippen LogP contribution in [-0.4, -0.2) is 31.0 Å². The number of benzene rings is 3. The first-order chi connectivity index (χ1) is 13.2. The fraction of sp³-hybridized carbons (Fsp3) is 0.182. The first-order valence-electron chi connectivity index (χ1n) is 8.95. The maximum atomic E-state index is 12.2. The second kappa shape index (κ2) is 7.50. The minimum absolute atomic E-state index is 0.0157. The van der Waals surface area contributed by atoms with E-state index in [2.05, 4.69) is 5.32 Å². The van der Waals surface area contributed by atoms with Crippen molar-refractivity contribution < 1.29 is 14.3 Å². The minimum atomic E-state index is -0.226. The molecule has 1 saturated heterocycles. The van der Waals surface area contributed by atoms with Gasteiger partial charge >= 0.3 is 0 Å². The zero-order chi connectivity index (χ0) is 18.6. The van der Waals surface area contributed by atoms with Crippen LogP contribution in [0.15, 0.2) is 72.8 Å². The van der Waals surface area contributed by atoms with Gasteiger partial charge in [-0.3, -0.25) is 9.59 Å². The Hall–Kier alpha value is -3.34. The number of fused-ring (bicyclic) bond motifs is 1. The number of amides is 2. The van der Waals surface area contributed by atoms with Crippen molar-refractivity contribution in [2.24, 2.45) is 0 Å². The minimum Gasteiger partial charge on any atom is -0.484 e. The van der Waals surface area contributed by atoms with Crippen LogP contribution in [0.1, 0.15) is 6.42 Å². The largest absolute Gasteiger partial charge is 0.484 e. The van der Waals surface area contributed by atoms with E-state index in [1.54, 1.807) is 4.90 Å². The SMILES string of the molecule is O=C(COc1ccc2ccccc2c1)N[C@H]1CC(=O)N(c2ccccc2)C1. The molecule has 0 unspecified atom stereocenters. The predicted molar refractivity (Wildman–Crippen MR) is 105 cm³/mol. The number of nitrogens with one attached hydrogen (secondary N) is 1. The van der Waals surface area contributed by atoms with Gasteiger partial charge in [-0.2, -0.15) is 0 Å². The lowest BCUT2D eigenvalue weighted by molar-refractivity contribution is -0.123. The maximum Gasteiger partial charge on any atom is 0.258 e. The fourth-order valence-electron chi connectivity index (χ4n) is 3.34. The van der Waals surface area contributed by atoms with Gasteiger partial charge in [-0.1, -0.05) is 48.5 Å². The third-order valence-corrected chi connectivity index (χ3v) is 4.65. The van der Waals surface area contributed by atoms with Gasteiger partial charge < -0.3 is 15.0 Å². The highest BCUT2D eigenvalue weighted by Crippen LogP contribution is 2.22. The highest BCUT2D eigenvalue weighted by Gasteiger charge is 2.31. The molecule has 136 valence electrons. The number of hydrogen-bond acceptors (Lipinski definition) is 3. The van der Waals surface area contributed by atoms with Gasteiger partial charge in [-0.25, -0.2) is 0 Å². The summed E-state index contributed by atoms with van der Waals surface area (Å²) in [6, 6.07) is 23.0. The third kappa shape index (κ3) is 3.92. The number of para-hydroxylation sites is 1. The first-order valence-corrected chi connectivity index (χ1v) is 8.95. The molecule has 1 N–H and O–H groups in total. The number of nitrogens with zero attached hydrogens (tertiary/aromatic N) is 1. The zero-order valence-electron chi connectivity index (χ0n) is 14.8. The topological polar surface area (TPSA) is 58.6 Å². The Bertz CT molecular complexity index is 971. The predicted octanol–water partition coefficient (Wildman–Crippen LogP) is 3.14. The van der Waals surface area contributed by atoms with Crippen LogP contribution in [-0.2, 0) is 9.59 Å². The van der Waals surface area contributed by atoms with Gasteiger partial charge in [0.05, 0.1) is 6.04 Å². The van der Waals surface area contributed by atoms with E-state index < -0.39 is 0 Å². The number of carbonyl (C=O) groups excluding carboxylic acids is 2. The van der Waals surface area contributed by atoms with E-state index in [-0.39, 0.29) is 24.5 Å². The molecule has 1 atom stereocenters. The molecule has 3 aromatic carbocycles. The summed E-state index contributed by atoms with van der Waals surface area (Å²) in [5, 5.41) is 5.08. The Morgan fingerprint density at radius 3 is 2.56 bits per heavy atom. The van der Waals surface area contributed by atoms with E-state index in [1.807, 2.05) is 72.8 Å². The molecule has 1 aliphatic heterocycles. The summed E-state index contributed by atoms with van der Waals surface area (Å²) in [6.07, 6.45) is 0.302. The van der Waals surface area contributed by atoms with Crippen molar-refractivity contribution in [3.05, 3.63) is 72.8 Å². The summed E-state index contributed by atoms with van der Waals surface area (Å²) in [4.78, 5) is 26.1. The lowest BCUT2D eigenvalue weighted by Gasteiger charge is -2.17. The van der Waals surface area contributed by atoms with E-state index in [0.29, 0.717) is 18.7 Å². The van der Waals surface area contributed by atoms with Gasteiger partial charge in [0.2, 0.25) is 5.91 Å². The third-order valence-electron chi connectivity index (χ3n) is 4.65. The molecular weight excluding hydrogens is 340 g/mol. The molecule has 0 radical (unpaired) electrons. The average Bonchev–Trinajstić information content (AvgIpc) is 3.07. The maximum absolute atomic E-state index is 12.2. The summed E-state index contributed by atoms with van der Waals surface area (Å²) in [7, 11) is 0. The quantitative estimate of drug-likeness (QED) is 0.760. The van der Waals surface area contributed by atoms with Crippen molar-refractivity contribution in [3.63, 3.8) is 0 Å². The number of hydrogen-bond donors (Lipinski definition) is 1. The first kappa shape index (κ1) is 17.1. The molecule has 1 heterocycles. The number of ether oxygens (including phenoxy) is 1. The van der Waals surface area contributed by atoms with Crippen molar-refractivity contribution in [1.29, 1.82) is 0 Å². The van der Waals surface area contributed by atoms with Gasteiger partial charge in [-0.05, 0) is 35.0 Å². The van der Waals surface area contributed by atoms with E-state index in [0.717, 1.165) is 16.5 Å². The molecule has 2 amide bonds. The molecule has 5 nitrogen and oxygen atoms in total. The van der Waals surface area contributed by atoms with Crippen molar-refractivity contribution >= 4 is 28.3 Å². The van der Waals surface area contributed by atoms with Crippen molar-refractivity contribution in [2.75, 3.05) is 18.1 Å². The van der Waals surface area contributed by atoms with Crippen LogP contribution in [0, 0.1) is 0 Å². The normalized spacial score (nSPS) is 16.5. The Balaban J connectivity index is 1.32. The number of anilines is 1. The van der Waals surface area contributed by atoms with Crippen molar-refractivity contribution in [2.45, 2.75) is 12.5 Å². The second-order valence-corrected chi connectivity index (χ2v) is 6.61. The van der Waals surface area contributed by atoms with Crippen LogP contribution < -0.4 is 15.0 Å². The number of rotatable bonds is 5. The Labute approximate surface area is 157 Å². The van der Waals surface area contributed by atoms with E-state index >= 15 is 0 Å². The van der Waals surface area contributed by atoms with Gasteiger partial charge in [0.1, 0.15) is 5.75 Å². The lowest BCUT2D eigenvalue weighted by atomic mass is 10.1. The molecule has 27 heavy (non-hydrogen) atoms. The molecule has 0 saturated carbocycles. The average molecular weight is 360 g/mol. The summed E-state index contributed by atoms with van der Waals surface area (Å²) in [6.45, 7) is 0.402. The second-order valence-electron chi connectivity index (χ2n) is 6.61. The Morgan fingerprint density at radius 2 is 1.74 bits per heavy atom. The smallest absolute Gasteiger partial charge is 0.258 e. The van der Waals surface area contributed by atoms with Gasteiger partial charge in [0.25, 0.3) is 5.91 Å². The molecule has 3 aromatic rings. The lowest BCUT2D eigenvalue weighted by Crippen LogP contribution is -2.39. The standard InChI is InChI=1S/C22H20N2O3/c25-21(15-27-20-11-10-16-6-4-5-7-17(16)12-20)23-18-13-22(26)24(14-18)19-8-2-1-3-9-19/h1-12,18H,13-15H2,(H,23,25)/t18-/m0/s1. The molecule has 4 rings (SSSR count). The summed E-state index contributed by atoms with van der Waals surface area (Å²) in [5.41, 5.74) is 0.853. The Kier molecular flexibility index (Phi) is 4.75. The highest BCUT2D eigenvalue weighted by molar-refractivity contribution is 5.96. The van der Waals surface area contributed by atoms with Crippen LogP contribution in [0.4, 0.5) is 5.69 Å². The highest BCUT2D eigenvalue weighted by atomic mass is 16.5. The van der Waals surface area contributed by atoms with Gasteiger partial charge in [0.15, 0.2) is 6.61 Å². The van der Waals surface area contributed by atoms with Gasteiger partial charge in [0, 0.05) is 18.7 Å². The molecule has 0 bridgehead atoms. The number of carbonyl (C=O) groups is 2. The summed E-state index contributed by atoms with van der Waals surface area (Å²) < 4.78 is 5.61. The summed E-state index contributed by atoms with van der Waals surface area (Å²) in [5.74, 6) is 0.440. The molecule has 0 aliphatic carbocycles. The molecule has 1 fully saturated rings. The van der Waals surface area contributed by atoms with Crippen molar-refractivity contribution in [3.8, 4) is 5.75 Å². The molecule has 0 aromatic heterocycles. The van der Waals surface area contributed by atoms with E-state index in [9.17, 15) is 9.59 Å². The molecule has 0 spiro atoms. The van der Waals surface area contributed by atoms with E-state index in [1.165, 1.54) is 0 Å². The zero-order valence-corrected chi connectivity index (χ0v) is 14.8. The van der Waals surface area contributed by atoms with Crippen LogP contribution in [0.5, 0.6) is 5.75 Å². The van der Waals surface area contributed by atoms with Crippen LogP contribution in [0.2, 0.25) is 0 Å². The Morgan fingerprint density at radius 1 is 1.00 bits per heavy atom. The van der Waals surface area contributed by atoms with Gasteiger partial charge in [-0.15, -0.1) is 0 Å². The molecule has 1 aliphatic rings. The van der Waals surface area contributed by atoms with E-state index in [4.69, 9.17) is 4.74 Å². The van der Waals surface area contributed by atoms with Crippen LogP contribution >= 0.6 is 0 Å².